The number of hydrogen-bond donors (Lipinski definition) is 1. The predicted octanol–water partition coefficient (Wildman–Crippen LogP) is 2.31. The van der Waals surface area contributed by atoms with E-state index in [9.17, 15) is 4.79 Å². The predicted molar refractivity (Wildman–Crippen MR) is 88.7 cm³/mol. The molecule has 5 heteroatoms. The molecule has 23 heavy (non-hydrogen) atoms. The van der Waals surface area contributed by atoms with Gasteiger partial charge in [-0.05, 0) is 37.8 Å². The molecule has 120 valence electrons. The molecule has 0 spiro atoms. The summed E-state index contributed by atoms with van der Waals surface area (Å²) in [7, 11) is 0. The van der Waals surface area contributed by atoms with Crippen molar-refractivity contribution >= 4 is 5.91 Å². The van der Waals surface area contributed by atoms with Gasteiger partial charge < -0.3 is 10.6 Å². The van der Waals surface area contributed by atoms with Crippen molar-refractivity contribution in [3.05, 3.63) is 47.8 Å². The van der Waals surface area contributed by atoms with Gasteiger partial charge in [-0.2, -0.15) is 5.10 Å². The van der Waals surface area contributed by atoms with Crippen molar-refractivity contribution in [1.82, 2.24) is 14.7 Å². The molecule has 1 saturated carbocycles. The third kappa shape index (κ3) is 2.77. The van der Waals surface area contributed by atoms with Crippen LogP contribution in [0.25, 0.3) is 5.69 Å². The third-order valence-electron chi connectivity index (χ3n) is 4.83. The lowest BCUT2D eigenvalue weighted by molar-refractivity contribution is 0.0713. The number of aromatic nitrogens is 2. The molecule has 2 N–H and O–H groups in total. The highest BCUT2D eigenvalue weighted by Gasteiger charge is 2.34. The maximum atomic E-state index is 12.9. The zero-order valence-electron chi connectivity index (χ0n) is 13.2. The Morgan fingerprint density at radius 3 is 2.43 bits per heavy atom. The molecule has 0 unspecified atom stereocenters. The number of piperidine rings is 1. The highest BCUT2D eigenvalue weighted by atomic mass is 16.2. The van der Waals surface area contributed by atoms with Crippen LogP contribution in [0.2, 0.25) is 0 Å². The minimum atomic E-state index is 0.112. The van der Waals surface area contributed by atoms with Gasteiger partial charge in [0.2, 0.25) is 0 Å². The van der Waals surface area contributed by atoms with Crippen LogP contribution < -0.4 is 5.73 Å². The summed E-state index contributed by atoms with van der Waals surface area (Å²) in [4.78, 5) is 14.9. The number of likely N-dealkylation sites (tertiary alicyclic amines) is 1. The third-order valence-corrected chi connectivity index (χ3v) is 4.83. The summed E-state index contributed by atoms with van der Waals surface area (Å²) >= 11 is 0. The second-order valence-corrected chi connectivity index (χ2v) is 6.59. The molecule has 0 atom stereocenters. The van der Waals surface area contributed by atoms with Gasteiger partial charge in [0.15, 0.2) is 0 Å². The first kappa shape index (κ1) is 14.5. The maximum Gasteiger partial charge on any atom is 0.257 e. The van der Waals surface area contributed by atoms with Crippen molar-refractivity contribution in [3.8, 4) is 5.69 Å². The van der Waals surface area contributed by atoms with Gasteiger partial charge in [0.1, 0.15) is 0 Å². The van der Waals surface area contributed by atoms with E-state index < -0.39 is 0 Å². The molecule has 1 aromatic heterocycles. The summed E-state index contributed by atoms with van der Waals surface area (Å²) in [5, 5.41) is 4.52. The van der Waals surface area contributed by atoms with Gasteiger partial charge in [0, 0.05) is 25.0 Å². The molecule has 4 rings (SSSR count). The topological polar surface area (TPSA) is 64.2 Å². The minimum Gasteiger partial charge on any atom is -0.338 e. The van der Waals surface area contributed by atoms with Gasteiger partial charge in [0.25, 0.3) is 5.91 Å². The van der Waals surface area contributed by atoms with Crippen LogP contribution in [0.1, 0.15) is 47.7 Å². The number of hydrogen-bond acceptors (Lipinski definition) is 3. The monoisotopic (exact) mass is 310 g/mol. The first-order chi connectivity index (χ1) is 11.2. The van der Waals surface area contributed by atoms with E-state index in [1.54, 1.807) is 6.20 Å². The van der Waals surface area contributed by atoms with E-state index in [1.165, 1.54) is 0 Å². The Morgan fingerprint density at radius 1 is 1.09 bits per heavy atom. The molecule has 1 saturated heterocycles. The SMILES string of the molecule is NC1CCN(C(=O)c2cnn(-c3ccccc3)c2C2CC2)CC1. The number of nitrogens with two attached hydrogens (primary N) is 1. The van der Waals surface area contributed by atoms with Gasteiger partial charge in [-0.3, -0.25) is 4.79 Å². The van der Waals surface area contributed by atoms with Gasteiger partial charge in [-0.1, -0.05) is 18.2 Å². The summed E-state index contributed by atoms with van der Waals surface area (Å²) in [5.74, 6) is 0.574. The van der Waals surface area contributed by atoms with Crippen LogP contribution in [0.4, 0.5) is 0 Å². The van der Waals surface area contributed by atoms with Crippen LogP contribution in [-0.2, 0) is 0 Å². The molecule has 2 fully saturated rings. The molecule has 2 heterocycles. The van der Waals surface area contributed by atoms with E-state index in [0.717, 1.165) is 55.7 Å². The van der Waals surface area contributed by atoms with E-state index in [0.29, 0.717) is 5.92 Å². The quantitative estimate of drug-likeness (QED) is 0.946. The fourth-order valence-corrected chi connectivity index (χ4v) is 3.32. The van der Waals surface area contributed by atoms with Crippen molar-refractivity contribution in [2.45, 2.75) is 37.6 Å². The number of amides is 1. The molecule has 1 amide bonds. The maximum absolute atomic E-state index is 12.9. The second kappa shape index (κ2) is 5.81. The Kier molecular flexibility index (Phi) is 3.65. The van der Waals surface area contributed by atoms with Crippen molar-refractivity contribution in [2.75, 3.05) is 13.1 Å². The Bertz CT molecular complexity index is 697. The molecule has 2 aliphatic rings. The van der Waals surface area contributed by atoms with Crippen molar-refractivity contribution in [3.63, 3.8) is 0 Å². The molecular weight excluding hydrogens is 288 g/mol. The Balaban J connectivity index is 1.67. The molecule has 0 bridgehead atoms. The minimum absolute atomic E-state index is 0.112. The average molecular weight is 310 g/mol. The fraction of sp³-hybridized carbons (Fsp3) is 0.444. The van der Waals surface area contributed by atoms with Crippen molar-refractivity contribution in [2.24, 2.45) is 5.73 Å². The highest BCUT2D eigenvalue weighted by Crippen LogP contribution is 2.42. The Labute approximate surface area is 136 Å². The highest BCUT2D eigenvalue weighted by molar-refractivity contribution is 5.95. The zero-order valence-corrected chi connectivity index (χ0v) is 13.2. The van der Waals surface area contributed by atoms with E-state index in [4.69, 9.17) is 5.73 Å². The van der Waals surface area contributed by atoms with Crippen molar-refractivity contribution < 1.29 is 4.79 Å². The molecule has 1 aliphatic carbocycles. The van der Waals surface area contributed by atoms with Gasteiger partial charge >= 0.3 is 0 Å². The normalized spacial score (nSPS) is 19.1. The lowest BCUT2D eigenvalue weighted by Gasteiger charge is -2.30. The number of benzene rings is 1. The molecule has 1 aromatic carbocycles. The Morgan fingerprint density at radius 2 is 1.78 bits per heavy atom. The number of rotatable bonds is 3. The smallest absolute Gasteiger partial charge is 0.257 e. The summed E-state index contributed by atoms with van der Waals surface area (Å²) in [6.45, 7) is 1.50. The van der Waals surface area contributed by atoms with Crippen LogP contribution >= 0.6 is 0 Å². The van der Waals surface area contributed by atoms with Gasteiger partial charge in [0.05, 0.1) is 23.1 Å². The van der Waals surface area contributed by atoms with Crippen LogP contribution in [0.15, 0.2) is 36.5 Å². The number of carbonyl (C=O) groups excluding carboxylic acids is 1. The van der Waals surface area contributed by atoms with Gasteiger partial charge in [-0.25, -0.2) is 4.68 Å². The summed E-state index contributed by atoms with van der Waals surface area (Å²) in [5.41, 5.74) is 8.82. The van der Waals surface area contributed by atoms with Crippen LogP contribution in [-0.4, -0.2) is 39.7 Å². The largest absolute Gasteiger partial charge is 0.338 e. The first-order valence-electron chi connectivity index (χ1n) is 8.42. The number of nitrogens with zero attached hydrogens (tertiary/aromatic N) is 3. The number of para-hydroxylation sites is 1. The van der Waals surface area contributed by atoms with E-state index in [1.807, 2.05) is 39.9 Å². The van der Waals surface area contributed by atoms with E-state index in [2.05, 4.69) is 5.10 Å². The molecule has 1 aliphatic heterocycles. The second-order valence-electron chi connectivity index (χ2n) is 6.59. The molecule has 0 radical (unpaired) electrons. The first-order valence-corrected chi connectivity index (χ1v) is 8.42. The summed E-state index contributed by atoms with van der Waals surface area (Å²) in [6, 6.07) is 10.3. The van der Waals surface area contributed by atoms with Gasteiger partial charge in [-0.15, -0.1) is 0 Å². The summed E-state index contributed by atoms with van der Waals surface area (Å²) < 4.78 is 1.95. The summed E-state index contributed by atoms with van der Waals surface area (Å²) in [6.07, 6.45) is 5.81. The van der Waals surface area contributed by atoms with E-state index in [-0.39, 0.29) is 11.9 Å². The fourth-order valence-electron chi connectivity index (χ4n) is 3.32. The lowest BCUT2D eigenvalue weighted by atomic mass is 10.0. The molecule has 5 nitrogen and oxygen atoms in total. The lowest BCUT2D eigenvalue weighted by Crippen LogP contribution is -2.43. The molecular formula is C18H22N4O. The van der Waals surface area contributed by atoms with Crippen LogP contribution in [0.3, 0.4) is 0 Å². The number of carbonyl (C=O) groups is 1. The average Bonchev–Trinajstić information content (AvgIpc) is 3.34. The van der Waals surface area contributed by atoms with Crippen LogP contribution in [0.5, 0.6) is 0 Å². The van der Waals surface area contributed by atoms with Crippen molar-refractivity contribution in [1.29, 1.82) is 0 Å². The standard InChI is InChI=1S/C18H22N4O/c19-14-8-10-21(11-9-14)18(23)16-12-20-22(17(16)13-6-7-13)15-4-2-1-3-5-15/h1-5,12-14H,6-11,19H2. The molecule has 2 aromatic rings. The van der Waals surface area contributed by atoms with E-state index >= 15 is 0 Å². The van der Waals surface area contributed by atoms with Crippen LogP contribution in [0, 0.1) is 0 Å². The Hall–Kier alpha value is -2.14. The zero-order chi connectivity index (χ0) is 15.8.